The Labute approximate surface area is 175 Å². The van der Waals surface area contributed by atoms with Gasteiger partial charge in [-0.1, -0.05) is 5.16 Å². The highest BCUT2D eigenvalue weighted by Gasteiger charge is 2.38. The lowest BCUT2D eigenvalue weighted by molar-refractivity contribution is -0.149. The molecule has 2 saturated heterocycles. The molecule has 0 spiro atoms. The number of hydrogen-bond donors (Lipinski definition) is 0. The Hall–Kier alpha value is -2.65. The van der Waals surface area contributed by atoms with E-state index in [0.717, 1.165) is 12.3 Å². The average molecular weight is 416 g/mol. The summed E-state index contributed by atoms with van der Waals surface area (Å²) in [5.74, 6) is 0.403. The molecule has 2 aliphatic heterocycles. The number of carbonyl (C=O) groups excluding carboxylic acids is 2. The van der Waals surface area contributed by atoms with Crippen LogP contribution >= 0.6 is 0 Å². The molecule has 2 aliphatic rings. The summed E-state index contributed by atoms with van der Waals surface area (Å²) in [5.41, 5.74) is 1.11. The Morgan fingerprint density at radius 2 is 2.10 bits per heavy atom. The van der Waals surface area contributed by atoms with Gasteiger partial charge in [-0.3, -0.25) is 19.4 Å². The smallest absolute Gasteiger partial charge is 0.311 e. The molecule has 0 unspecified atom stereocenters. The Kier molecular flexibility index (Phi) is 6.19. The van der Waals surface area contributed by atoms with Crippen LogP contribution < -0.4 is 0 Å². The summed E-state index contributed by atoms with van der Waals surface area (Å²) in [6.07, 6.45) is 3.07. The monoisotopic (exact) mass is 416 g/mol. The largest absolute Gasteiger partial charge is 0.468 e. The molecule has 2 fully saturated rings. The van der Waals surface area contributed by atoms with E-state index in [9.17, 15) is 9.59 Å². The lowest BCUT2D eigenvalue weighted by Crippen LogP contribution is -2.57. The number of carbonyl (C=O) groups is 2. The van der Waals surface area contributed by atoms with E-state index in [0.29, 0.717) is 57.1 Å². The van der Waals surface area contributed by atoms with Crippen molar-refractivity contribution in [3.05, 3.63) is 41.7 Å². The number of ether oxygens (including phenoxy) is 1. The Bertz CT molecular complexity index is 865. The minimum absolute atomic E-state index is 0.0582. The van der Waals surface area contributed by atoms with E-state index in [1.54, 1.807) is 13.2 Å². The van der Waals surface area contributed by atoms with Gasteiger partial charge >= 0.3 is 5.97 Å². The first kappa shape index (κ1) is 20.6. The van der Waals surface area contributed by atoms with Crippen molar-refractivity contribution >= 4 is 11.9 Å². The van der Waals surface area contributed by atoms with Crippen LogP contribution in [0.5, 0.6) is 0 Å². The third-order valence-corrected chi connectivity index (χ3v) is 5.85. The molecule has 9 nitrogen and oxygen atoms in total. The lowest BCUT2D eigenvalue weighted by atomic mass is 10.1. The maximum absolute atomic E-state index is 12.9. The zero-order valence-electron chi connectivity index (χ0n) is 17.5. The summed E-state index contributed by atoms with van der Waals surface area (Å²) in [6, 6.07) is 3.93. The molecule has 0 radical (unpaired) electrons. The highest BCUT2D eigenvalue weighted by Crippen LogP contribution is 2.23. The molecule has 0 N–H and O–H groups in total. The molecule has 9 heteroatoms. The van der Waals surface area contributed by atoms with Crippen LogP contribution in [-0.2, 0) is 16.1 Å². The topological polar surface area (TPSA) is 92.3 Å². The van der Waals surface area contributed by atoms with Crippen LogP contribution in [0, 0.1) is 12.8 Å². The third kappa shape index (κ3) is 4.41. The van der Waals surface area contributed by atoms with Gasteiger partial charge in [0.05, 0.1) is 31.0 Å². The van der Waals surface area contributed by atoms with E-state index in [1.165, 1.54) is 6.26 Å². The van der Waals surface area contributed by atoms with Crippen LogP contribution in [0.1, 0.15) is 28.7 Å². The predicted octanol–water partition coefficient (Wildman–Crippen LogP) is 1.40. The van der Waals surface area contributed by atoms with Gasteiger partial charge in [0.1, 0.15) is 17.6 Å². The number of aromatic nitrogens is 1. The second kappa shape index (κ2) is 9.01. The first-order chi connectivity index (χ1) is 14.5. The fraction of sp³-hybridized carbons (Fsp3) is 0.571. The zero-order valence-corrected chi connectivity index (χ0v) is 17.5. The van der Waals surface area contributed by atoms with Crippen LogP contribution in [0.2, 0.25) is 0 Å². The molecule has 4 heterocycles. The quantitative estimate of drug-likeness (QED) is 0.676. The Balaban J connectivity index is 1.50. The first-order valence-electron chi connectivity index (χ1n) is 10.4. The maximum atomic E-state index is 12.9. The van der Waals surface area contributed by atoms with Gasteiger partial charge in [0, 0.05) is 45.3 Å². The van der Waals surface area contributed by atoms with Gasteiger partial charge in [-0.15, -0.1) is 0 Å². The molecule has 2 atom stereocenters. The SMILES string of the molecule is CCOC(=O)[C@H]1CN(Cc2ccco2)C[C@@H]2CN(C(=O)c3conc3C)CCN2C1. The van der Waals surface area contributed by atoms with Crippen molar-refractivity contribution < 1.29 is 23.3 Å². The van der Waals surface area contributed by atoms with Gasteiger partial charge in [0.25, 0.3) is 5.91 Å². The molecule has 2 aromatic heterocycles. The highest BCUT2D eigenvalue weighted by atomic mass is 16.5. The van der Waals surface area contributed by atoms with E-state index in [2.05, 4.69) is 15.0 Å². The van der Waals surface area contributed by atoms with E-state index >= 15 is 0 Å². The maximum Gasteiger partial charge on any atom is 0.311 e. The summed E-state index contributed by atoms with van der Waals surface area (Å²) in [5, 5.41) is 3.83. The van der Waals surface area contributed by atoms with Crippen LogP contribution in [0.15, 0.2) is 33.6 Å². The minimum atomic E-state index is -0.229. The van der Waals surface area contributed by atoms with E-state index in [4.69, 9.17) is 13.7 Å². The van der Waals surface area contributed by atoms with Crippen molar-refractivity contribution in [2.45, 2.75) is 26.4 Å². The van der Waals surface area contributed by atoms with Gasteiger partial charge in [-0.25, -0.2) is 0 Å². The van der Waals surface area contributed by atoms with Crippen molar-refractivity contribution in [3.63, 3.8) is 0 Å². The molecule has 0 aliphatic carbocycles. The number of fused-ring (bicyclic) bond motifs is 1. The first-order valence-corrected chi connectivity index (χ1v) is 10.4. The molecule has 0 bridgehead atoms. The van der Waals surface area contributed by atoms with Gasteiger partial charge < -0.3 is 18.6 Å². The molecule has 1 amide bonds. The number of aryl methyl sites for hydroxylation is 1. The van der Waals surface area contributed by atoms with Crippen LogP contribution in [0.4, 0.5) is 0 Å². The van der Waals surface area contributed by atoms with Gasteiger partial charge in [-0.05, 0) is 26.0 Å². The fourth-order valence-electron chi connectivity index (χ4n) is 4.35. The molecule has 30 heavy (non-hydrogen) atoms. The molecule has 4 rings (SSSR count). The van der Waals surface area contributed by atoms with Crippen LogP contribution in [0.3, 0.4) is 0 Å². The second-order valence-corrected chi connectivity index (χ2v) is 7.94. The summed E-state index contributed by atoms with van der Waals surface area (Å²) in [7, 11) is 0. The predicted molar refractivity (Wildman–Crippen MR) is 107 cm³/mol. The van der Waals surface area contributed by atoms with Crippen molar-refractivity contribution in [3.8, 4) is 0 Å². The normalized spacial score (nSPS) is 23.1. The summed E-state index contributed by atoms with van der Waals surface area (Å²) in [4.78, 5) is 31.9. The number of esters is 1. The van der Waals surface area contributed by atoms with Gasteiger partial charge in [0.2, 0.25) is 0 Å². The minimum Gasteiger partial charge on any atom is -0.468 e. The van der Waals surface area contributed by atoms with Gasteiger partial charge in [-0.2, -0.15) is 0 Å². The lowest BCUT2D eigenvalue weighted by Gasteiger charge is -2.41. The van der Waals surface area contributed by atoms with Crippen molar-refractivity contribution in [2.75, 3.05) is 45.9 Å². The van der Waals surface area contributed by atoms with Crippen LogP contribution in [0.25, 0.3) is 0 Å². The van der Waals surface area contributed by atoms with E-state index in [1.807, 2.05) is 24.0 Å². The second-order valence-electron chi connectivity index (χ2n) is 7.94. The fourth-order valence-corrected chi connectivity index (χ4v) is 4.35. The van der Waals surface area contributed by atoms with E-state index in [-0.39, 0.29) is 23.8 Å². The number of rotatable bonds is 5. The molecule has 162 valence electrons. The third-order valence-electron chi connectivity index (χ3n) is 5.85. The van der Waals surface area contributed by atoms with Crippen molar-refractivity contribution in [2.24, 2.45) is 5.92 Å². The highest BCUT2D eigenvalue weighted by molar-refractivity contribution is 5.94. The molecular weight excluding hydrogens is 388 g/mol. The Morgan fingerprint density at radius 1 is 1.23 bits per heavy atom. The Morgan fingerprint density at radius 3 is 2.80 bits per heavy atom. The number of piperazine rings is 1. The van der Waals surface area contributed by atoms with Crippen molar-refractivity contribution in [1.82, 2.24) is 19.9 Å². The summed E-state index contributed by atoms with van der Waals surface area (Å²) < 4.78 is 15.8. The number of furan rings is 1. The number of amides is 1. The summed E-state index contributed by atoms with van der Waals surface area (Å²) >= 11 is 0. The number of hydrogen-bond acceptors (Lipinski definition) is 8. The molecule has 0 saturated carbocycles. The summed E-state index contributed by atoms with van der Waals surface area (Å²) in [6.45, 7) is 8.47. The van der Waals surface area contributed by atoms with E-state index < -0.39 is 0 Å². The molecular formula is C21H28N4O5. The average Bonchev–Trinajstić information content (AvgIpc) is 3.35. The molecule has 0 aromatic carbocycles. The van der Waals surface area contributed by atoms with Crippen molar-refractivity contribution in [1.29, 1.82) is 0 Å². The van der Waals surface area contributed by atoms with Gasteiger partial charge in [0.15, 0.2) is 0 Å². The molecule has 2 aromatic rings. The number of nitrogens with zero attached hydrogens (tertiary/aromatic N) is 4. The zero-order chi connectivity index (χ0) is 21.1. The standard InChI is InChI=1S/C21H28N4O5/c1-3-28-21(27)16-9-23(13-18-5-4-8-29-18)11-17-12-25(7-6-24(17)10-16)20(26)19-14-30-22-15(19)2/h4-5,8,14,16-17H,3,6-7,9-13H2,1-2H3/t16-,17+/m0/s1. The van der Waals surface area contributed by atoms with Crippen LogP contribution in [-0.4, -0.2) is 83.7 Å².